The van der Waals surface area contributed by atoms with Gasteiger partial charge in [0.1, 0.15) is 0 Å². The molecular formula is C24H52N2. The molecule has 26 heavy (non-hydrogen) atoms. The van der Waals surface area contributed by atoms with Crippen LogP contribution < -0.4 is 0 Å². The van der Waals surface area contributed by atoms with Gasteiger partial charge in [0.15, 0.2) is 0 Å². The van der Waals surface area contributed by atoms with Gasteiger partial charge in [0.05, 0.1) is 0 Å². The molecule has 0 aromatic rings. The van der Waals surface area contributed by atoms with Crippen LogP contribution in [0.4, 0.5) is 0 Å². The quantitative estimate of drug-likeness (QED) is 0.150. The Morgan fingerprint density at radius 3 is 0.923 bits per heavy atom. The van der Waals surface area contributed by atoms with E-state index < -0.39 is 0 Å². The van der Waals surface area contributed by atoms with Gasteiger partial charge in [-0.3, -0.25) is 0 Å². The van der Waals surface area contributed by atoms with Crippen LogP contribution in [0, 0.1) is 0 Å². The molecule has 0 aliphatic heterocycles. The van der Waals surface area contributed by atoms with Crippen LogP contribution in [0.15, 0.2) is 0 Å². The highest BCUT2D eigenvalue weighted by Gasteiger charge is 2.14. The lowest BCUT2D eigenvalue weighted by molar-refractivity contribution is -0.0302. The summed E-state index contributed by atoms with van der Waals surface area (Å²) in [5.74, 6) is 0. The molecule has 0 saturated heterocycles. The lowest BCUT2D eigenvalue weighted by Gasteiger charge is -2.35. The van der Waals surface area contributed by atoms with Crippen LogP contribution in [-0.2, 0) is 0 Å². The fourth-order valence-corrected chi connectivity index (χ4v) is 3.62. The van der Waals surface area contributed by atoms with E-state index in [4.69, 9.17) is 0 Å². The Balaban J connectivity index is 4.31. The molecule has 0 spiro atoms. The minimum Gasteiger partial charge on any atom is -0.242 e. The number of rotatable bonds is 21. The Labute approximate surface area is 167 Å². The van der Waals surface area contributed by atoms with Crippen molar-refractivity contribution in [2.75, 3.05) is 26.2 Å². The monoisotopic (exact) mass is 368 g/mol. The smallest absolute Gasteiger partial charge is 0.0133 e. The fraction of sp³-hybridized carbons (Fsp3) is 1.00. The standard InChI is InChI=1S/C24H52N2/c1-5-9-13-15-17-19-23-26(24-20-18-16-14-10-6-2)25(21-11-7-3)22-12-8-4/h5-24H2,1-4H3. The van der Waals surface area contributed by atoms with Crippen molar-refractivity contribution in [2.24, 2.45) is 0 Å². The minimum atomic E-state index is 1.27. The first-order chi connectivity index (χ1) is 12.8. The second-order valence-corrected chi connectivity index (χ2v) is 8.15. The molecule has 0 aromatic heterocycles. The summed E-state index contributed by atoms with van der Waals surface area (Å²) < 4.78 is 0. The van der Waals surface area contributed by atoms with E-state index in [1.807, 2.05) is 0 Å². The van der Waals surface area contributed by atoms with Crippen molar-refractivity contribution in [1.29, 1.82) is 0 Å². The average Bonchev–Trinajstić information content (AvgIpc) is 2.66. The number of hydrogen-bond donors (Lipinski definition) is 0. The van der Waals surface area contributed by atoms with E-state index in [9.17, 15) is 0 Å². The van der Waals surface area contributed by atoms with Crippen LogP contribution in [0.3, 0.4) is 0 Å². The van der Waals surface area contributed by atoms with Gasteiger partial charge >= 0.3 is 0 Å². The predicted molar refractivity (Wildman–Crippen MR) is 120 cm³/mol. The van der Waals surface area contributed by atoms with E-state index in [2.05, 4.69) is 37.7 Å². The highest BCUT2D eigenvalue weighted by molar-refractivity contribution is 4.61. The Hall–Kier alpha value is -0.0800. The normalized spacial score (nSPS) is 11.8. The largest absolute Gasteiger partial charge is 0.242 e. The molecule has 0 amide bonds. The first-order valence-electron chi connectivity index (χ1n) is 12.3. The van der Waals surface area contributed by atoms with Crippen molar-refractivity contribution >= 4 is 0 Å². The summed E-state index contributed by atoms with van der Waals surface area (Å²) in [6.07, 6.45) is 22.2. The lowest BCUT2D eigenvalue weighted by Crippen LogP contribution is -2.45. The summed E-state index contributed by atoms with van der Waals surface area (Å²) in [6.45, 7) is 14.4. The maximum Gasteiger partial charge on any atom is 0.0133 e. The molecule has 0 radical (unpaired) electrons. The Morgan fingerprint density at radius 1 is 0.308 bits per heavy atom. The van der Waals surface area contributed by atoms with Gasteiger partial charge in [-0.2, -0.15) is 0 Å². The van der Waals surface area contributed by atoms with Gasteiger partial charge in [-0.25, -0.2) is 10.0 Å². The fourth-order valence-electron chi connectivity index (χ4n) is 3.62. The van der Waals surface area contributed by atoms with E-state index in [1.54, 1.807) is 0 Å². The molecule has 0 fully saturated rings. The molecule has 2 heteroatoms. The lowest BCUT2D eigenvalue weighted by atomic mass is 10.1. The minimum absolute atomic E-state index is 1.27. The molecule has 0 saturated carbocycles. The molecule has 0 unspecified atom stereocenters. The molecule has 0 bridgehead atoms. The van der Waals surface area contributed by atoms with Gasteiger partial charge in [0.25, 0.3) is 0 Å². The van der Waals surface area contributed by atoms with Crippen LogP contribution in [0.1, 0.15) is 130 Å². The summed E-state index contributed by atoms with van der Waals surface area (Å²) in [5.41, 5.74) is 0. The molecule has 0 N–H and O–H groups in total. The van der Waals surface area contributed by atoms with Crippen LogP contribution >= 0.6 is 0 Å². The van der Waals surface area contributed by atoms with Crippen molar-refractivity contribution in [3.05, 3.63) is 0 Å². The average molecular weight is 369 g/mol. The van der Waals surface area contributed by atoms with Crippen molar-refractivity contribution in [3.63, 3.8) is 0 Å². The number of hydrazine groups is 1. The van der Waals surface area contributed by atoms with Gasteiger partial charge in [0.2, 0.25) is 0 Å². The number of nitrogens with zero attached hydrogens (tertiary/aromatic N) is 2. The first-order valence-corrected chi connectivity index (χ1v) is 12.3. The zero-order valence-corrected chi connectivity index (χ0v) is 19.0. The molecule has 0 aliphatic carbocycles. The Bertz CT molecular complexity index is 231. The highest BCUT2D eigenvalue weighted by atomic mass is 15.6. The molecule has 0 heterocycles. The van der Waals surface area contributed by atoms with E-state index in [-0.39, 0.29) is 0 Å². The summed E-state index contributed by atoms with van der Waals surface area (Å²) in [4.78, 5) is 0. The van der Waals surface area contributed by atoms with Crippen LogP contribution in [0.2, 0.25) is 0 Å². The maximum atomic E-state index is 2.74. The van der Waals surface area contributed by atoms with Gasteiger partial charge in [0, 0.05) is 26.2 Å². The summed E-state index contributed by atoms with van der Waals surface area (Å²) in [7, 11) is 0. The molecular weight excluding hydrogens is 316 g/mol. The maximum absolute atomic E-state index is 2.74. The third-order valence-corrected chi connectivity index (χ3v) is 5.48. The van der Waals surface area contributed by atoms with Crippen molar-refractivity contribution in [3.8, 4) is 0 Å². The van der Waals surface area contributed by atoms with Gasteiger partial charge in [-0.05, 0) is 25.7 Å². The Kier molecular flexibility index (Phi) is 21.2. The number of hydrogen-bond acceptors (Lipinski definition) is 2. The van der Waals surface area contributed by atoms with Crippen LogP contribution in [0.25, 0.3) is 0 Å². The van der Waals surface area contributed by atoms with Crippen molar-refractivity contribution in [2.45, 2.75) is 130 Å². The second-order valence-electron chi connectivity index (χ2n) is 8.15. The van der Waals surface area contributed by atoms with Crippen molar-refractivity contribution < 1.29 is 0 Å². The van der Waals surface area contributed by atoms with E-state index in [0.29, 0.717) is 0 Å². The number of unbranched alkanes of at least 4 members (excludes halogenated alkanes) is 12. The second kappa shape index (κ2) is 21.2. The van der Waals surface area contributed by atoms with E-state index in [1.165, 1.54) is 129 Å². The SMILES string of the molecule is CCCCCCCCN(CCCCCCCC)N(CCCC)CCCC. The topological polar surface area (TPSA) is 6.48 Å². The zero-order valence-electron chi connectivity index (χ0n) is 19.0. The summed E-state index contributed by atoms with van der Waals surface area (Å²) in [6, 6.07) is 0. The Morgan fingerprint density at radius 2 is 0.577 bits per heavy atom. The van der Waals surface area contributed by atoms with E-state index >= 15 is 0 Å². The van der Waals surface area contributed by atoms with Crippen LogP contribution in [0.5, 0.6) is 0 Å². The third kappa shape index (κ3) is 16.1. The third-order valence-electron chi connectivity index (χ3n) is 5.48. The summed E-state index contributed by atoms with van der Waals surface area (Å²) in [5, 5.41) is 5.45. The zero-order chi connectivity index (χ0) is 19.3. The molecule has 0 aliphatic rings. The first kappa shape index (κ1) is 25.9. The molecule has 0 rings (SSSR count). The molecule has 0 aromatic carbocycles. The van der Waals surface area contributed by atoms with Gasteiger partial charge in [-0.15, -0.1) is 0 Å². The van der Waals surface area contributed by atoms with Gasteiger partial charge < -0.3 is 0 Å². The molecule has 158 valence electrons. The molecule has 2 nitrogen and oxygen atoms in total. The predicted octanol–water partition coefficient (Wildman–Crippen LogP) is 7.83. The summed E-state index contributed by atoms with van der Waals surface area (Å²) >= 11 is 0. The van der Waals surface area contributed by atoms with E-state index in [0.717, 1.165) is 0 Å². The highest BCUT2D eigenvalue weighted by Crippen LogP contribution is 2.12. The van der Waals surface area contributed by atoms with Gasteiger partial charge in [-0.1, -0.05) is 105 Å². The molecule has 0 atom stereocenters. The van der Waals surface area contributed by atoms with Crippen LogP contribution in [-0.4, -0.2) is 36.2 Å². The van der Waals surface area contributed by atoms with Crippen molar-refractivity contribution in [1.82, 2.24) is 10.0 Å².